The van der Waals surface area contributed by atoms with E-state index in [4.69, 9.17) is 0 Å². The molecule has 1 aliphatic heterocycles. The number of hydrogen-bond acceptors (Lipinski definition) is 3. The molecule has 0 fully saturated rings. The molecule has 1 unspecified atom stereocenters. The quantitative estimate of drug-likeness (QED) is 0.580. The molecule has 0 radical (unpaired) electrons. The predicted molar refractivity (Wildman–Crippen MR) is 40.2 cm³/mol. The third-order valence-corrected chi connectivity index (χ3v) is 1.57. The Labute approximate surface area is 72.5 Å². The van der Waals surface area contributed by atoms with E-state index in [-0.39, 0.29) is 0 Å². The molecule has 0 N–H and O–H groups in total. The number of allylic oxidation sites excluding steroid dienone is 1. The highest BCUT2D eigenvalue weighted by molar-refractivity contribution is 6.00. The van der Waals surface area contributed by atoms with Crippen LogP contribution in [0.3, 0.4) is 0 Å². The third kappa shape index (κ3) is 2.07. The van der Waals surface area contributed by atoms with Crippen LogP contribution in [-0.4, -0.2) is 36.3 Å². The topological polar surface area (TPSA) is 32.7 Å². The zero-order valence-electron chi connectivity index (χ0n) is 6.75. The van der Waals surface area contributed by atoms with Crippen LogP contribution in [0.4, 0.5) is 13.2 Å². The molecule has 72 valence electrons. The van der Waals surface area contributed by atoms with E-state index in [0.717, 1.165) is 6.08 Å². The van der Waals surface area contributed by atoms with Crippen LogP contribution < -0.4 is 0 Å². The molecule has 0 aromatic carbocycles. The van der Waals surface area contributed by atoms with E-state index in [1.54, 1.807) is 0 Å². The Morgan fingerprint density at radius 3 is 2.69 bits per heavy atom. The number of carbonyl (C=O) groups is 1. The normalized spacial score (nSPS) is 22.9. The summed E-state index contributed by atoms with van der Waals surface area (Å²) >= 11 is 0. The Morgan fingerprint density at radius 1 is 1.62 bits per heavy atom. The Bertz CT molecular complexity index is 269. The zero-order valence-corrected chi connectivity index (χ0v) is 6.75. The zero-order chi connectivity index (χ0) is 10.1. The molecule has 13 heavy (non-hydrogen) atoms. The standard InChI is InChI=1S/C7H7F3N2O/c1-12-3-2-5(7(8,9)10)11-6(12)4-13/h2-4,6H,1H3. The van der Waals surface area contributed by atoms with Gasteiger partial charge in [0, 0.05) is 13.2 Å². The van der Waals surface area contributed by atoms with Crippen molar-refractivity contribution in [1.29, 1.82) is 0 Å². The van der Waals surface area contributed by atoms with Crippen molar-refractivity contribution in [2.45, 2.75) is 12.3 Å². The molecule has 3 nitrogen and oxygen atoms in total. The second-order valence-electron chi connectivity index (χ2n) is 2.54. The van der Waals surface area contributed by atoms with Gasteiger partial charge < -0.3 is 4.90 Å². The molecule has 0 spiro atoms. The molecule has 0 saturated carbocycles. The minimum atomic E-state index is -4.49. The fourth-order valence-electron chi connectivity index (χ4n) is 0.847. The summed E-state index contributed by atoms with van der Waals surface area (Å²) < 4.78 is 36.2. The van der Waals surface area contributed by atoms with Gasteiger partial charge in [-0.25, -0.2) is 4.99 Å². The first kappa shape index (κ1) is 9.76. The van der Waals surface area contributed by atoms with Crippen molar-refractivity contribution in [3.8, 4) is 0 Å². The Kier molecular flexibility index (Phi) is 2.40. The molecule has 0 aromatic rings. The van der Waals surface area contributed by atoms with Crippen LogP contribution in [0.15, 0.2) is 17.3 Å². The van der Waals surface area contributed by atoms with Crippen molar-refractivity contribution in [2.75, 3.05) is 7.05 Å². The highest BCUT2D eigenvalue weighted by Crippen LogP contribution is 2.21. The van der Waals surface area contributed by atoms with E-state index < -0.39 is 18.1 Å². The third-order valence-electron chi connectivity index (χ3n) is 1.57. The molecule has 6 heteroatoms. The van der Waals surface area contributed by atoms with E-state index in [9.17, 15) is 18.0 Å². The number of alkyl halides is 3. The first-order valence-electron chi connectivity index (χ1n) is 3.45. The van der Waals surface area contributed by atoms with Gasteiger partial charge in [0.1, 0.15) is 5.71 Å². The molecule has 1 aliphatic rings. The summed E-state index contributed by atoms with van der Waals surface area (Å²) in [4.78, 5) is 14.8. The minimum absolute atomic E-state index is 0.356. The van der Waals surface area contributed by atoms with Gasteiger partial charge in [0.25, 0.3) is 0 Å². The van der Waals surface area contributed by atoms with Gasteiger partial charge in [0.15, 0.2) is 12.5 Å². The number of rotatable bonds is 1. The first-order chi connectivity index (χ1) is 5.95. The summed E-state index contributed by atoms with van der Waals surface area (Å²) in [5.74, 6) is 0. The number of likely N-dealkylation sites (N-methyl/N-ethyl adjacent to an activating group) is 1. The number of halogens is 3. The van der Waals surface area contributed by atoms with Crippen LogP contribution in [0.1, 0.15) is 0 Å². The predicted octanol–water partition coefficient (Wildman–Crippen LogP) is 0.974. The van der Waals surface area contributed by atoms with E-state index in [1.807, 2.05) is 0 Å². The van der Waals surface area contributed by atoms with E-state index in [0.29, 0.717) is 6.29 Å². The molecule has 0 amide bonds. The second-order valence-corrected chi connectivity index (χ2v) is 2.54. The van der Waals surface area contributed by atoms with Gasteiger partial charge >= 0.3 is 6.18 Å². The Hall–Kier alpha value is -1.33. The molecular formula is C7H7F3N2O. The lowest BCUT2D eigenvalue weighted by Crippen LogP contribution is -2.35. The fraction of sp³-hybridized carbons (Fsp3) is 0.429. The number of aldehydes is 1. The number of hydrogen-bond donors (Lipinski definition) is 0. The van der Waals surface area contributed by atoms with Crippen LogP contribution in [0, 0.1) is 0 Å². The van der Waals surface area contributed by atoms with Crippen LogP contribution in [0.25, 0.3) is 0 Å². The van der Waals surface area contributed by atoms with Crippen molar-refractivity contribution in [1.82, 2.24) is 4.90 Å². The lowest BCUT2D eigenvalue weighted by atomic mass is 10.3. The molecule has 1 heterocycles. The Balaban J connectivity index is 2.91. The van der Waals surface area contributed by atoms with Crippen LogP contribution >= 0.6 is 0 Å². The maximum Gasteiger partial charge on any atom is 0.433 e. The SMILES string of the molecule is CN1C=CC(C(F)(F)F)=NC1C=O. The minimum Gasteiger partial charge on any atom is -0.353 e. The van der Waals surface area contributed by atoms with Gasteiger partial charge in [-0.2, -0.15) is 13.2 Å². The largest absolute Gasteiger partial charge is 0.433 e. The summed E-state index contributed by atoms with van der Waals surface area (Å²) in [5, 5.41) is 0. The van der Waals surface area contributed by atoms with Crippen molar-refractivity contribution in [2.24, 2.45) is 4.99 Å². The molecule has 0 bridgehead atoms. The van der Waals surface area contributed by atoms with Crippen molar-refractivity contribution in [3.05, 3.63) is 12.3 Å². The van der Waals surface area contributed by atoms with Gasteiger partial charge in [0.05, 0.1) is 0 Å². The van der Waals surface area contributed by atoms with Crippen LogP contribution in [0.5, 0.6) is 0 Å². The van der Waals surface area contributed by atoms with E-state index in [2.05, 4.69) is 4.99 Å². The highest BCUT2D eigenvalue weighted by atomic mass is 19.4. The Morgan fingerprint density at radius 2 is 2.23 bits per heavy atom. The second kappa shape index (κ2) is 3.20. The number of aliphatic imine (C=N–C) groups is 1. The van der Waals surface area contributed by atoms with Crippen molar-refractivity contribution in [3.63, 3.8) is 0 Å². The monoisotopic (exact) mass is 192 g/mol. The molecule has 1 atom stereocenters. The summed E-state index contributed by atoms with van der Waals surface area (Å²) in [6.45, 7) is 0. The van der Waals surface area contributed by atoms with Gasteiger partial charge in [-0.1, -0.05) is 0 Å². The van der Waals surface area contributed by atoms with Gasteiger partial charge in [-0.3, -0.25) is 4.79 Å². The molecule has 0 aromatic heterocycles. The number of nitrogens with zero attached hydrogens (tertiary/aromatic N) is 2. The molecule has 0 aliphatic carbocycles. The summed E-state index contributed by atoms with van der Waals surface area (Å²) in [5.41, 5.74) is -1.03. The maximum absolute atomic E-state index is 12.1. The van der Waals surface area contributed by atoms with E-state index in [1.165, 1.54) is 18.1 Å². The molecular weight excluding hydrogens is 185 g/mol. The lowest BCUT2D eigenvalue weighted by molar-refractivity contribution is -0.111. The van der Waals surface area contributed by atoms with Crippen LogP contribution in [0.2, 0.25) is 0 Å². The average molecular weight is 192 g/mol. The smallest absolute Gasteiger partial charge is 0.353 e. The molecule has 0 saturated heterocycles. The average Bonchev–Trinajstić information content (AvgIpc) is 2.03. The van der Waals surface area contributed by atoms with Gasteiger partial charge in [-0.15, -0.1) is 0 Å². The van der Waals surface area contributed by atoms with Crippen molar-refractivity contribution >= 4 is 12.0 Å². The van der Waals surface area contributed by atoms with Crippen molar-refractivity contribution < 1.29 is 18.0 Å². The fourth-order valence-corrected chi connectivity index (χ4v) is 0.847. The summed E-state index contributed by atoms with van der Waals surface area (Å²) in [6.07, 6.45) is -3.19. The van der Waals surface area contributed by atoms with E-state index >= 15 is 0 Å². The highest BCUT2D eigenvalue weighted by Gasteiger charge is 2.36. The summed E-state index contributed by atoms with van der Waals surface area (Å²) in [6, 6.07) is 0. The van der Waals surface area contributed by atoms with Crippen LogP contribution in [-0.2, 0) is 4.79 Å². The molecule has 1 rings (SSSR count). The van der Waals surface area contributed by atoms with Gasteiger partial charge in [-0.05, 0) is 6.08 Å². The summed E-state index contributed by atoms with van der Waals surface area (Å²) in [7, 11) is 1.48. The van der Waals surface area contributed by atoms with Gasteiger partial charge in [0.2, 0.25) is 0 Å². The first-order valence-corrected chi connectivity index (χ1v) is 3.45. The number of carbonyl (C=O) groups excluding carboxylic acids is 1. The maximum atomic E-state index is 12.1. The lowest BCUT2D eigenvalue weighted by Gasteiger charge is -2.23.